The molecule has 1 amide bonds. The van der Waals surface area contributed by atoms with Gasteiger partial charge in [0.05, 0.1) is 19.9 Å². The maximum Gasteiger partial charge on any atom is 0.263 e. The number of methoxy groups -OCH3 is 2. The van der Waals surface area contributed by atoms with E-state index in [1.54, 1.807) is 18.2 Å². The van der Waals surface area contributed by atoms with Crippen LogP contribution in [0.4, 0.5) is 5.69 Å². The molecule has 0 aliphatic heterocycles. The van der Waals surface area contributed by atoms with E-state index in [2.05, 4.69) is 28.2 Å². The molecule has 0 fully saturated rings. The predicted octanol–water partition coefficient (Wildman–Crippen LogP) is 4.28. The van der Waals surface area contributed by atoms with Crippen LogP contribution in [0.3, 0.4) is 0 Å². The van der Waals surface area contributed by atoms with Crippen LogP contribution in [0.2, 0.25) is 0 Å². The smallest absolute Gasteiger partial charge is 0.263 e. The van der Waals surface area contributed by atoms with Crippen molar-refractivity contribution in [2.24, 2.45) is 0 Å². The lowest BCUT2D eigenvalue weighted by Crippen LogP contribution is -2.15. The van der Waals surface area contributed by atoms with Crippen molar-refractivity contribution in [2.75, 3.05) is 19.5 Å². The zero-order valence-electron chi connectivity index (χ0n) is 12.8. The molecule has 116 valence electrons. The number of hydrogen-bond donors (Lipinski definition) is 1. The topological polar surface area (TPSA) is 47.6 Å². The van der Waals surface area contributed by atoms with E-state index in [0.29, 0.717) is 22.7 Å². The summed E-state index contributed by atoms with van der Waals surface area (Å²) in [5.41, 5.74) is 2.27. The lowest BCUT2D eigenvalue weighted by atomic mass is 10.1. The van der Waals surface area contributed by atoms with Crippen LogP contribution in [0.25, 0.3) is 0 Å². The molecule has 5 heteroatoms. The minimum Gasteiger partial charge on any atom is -0.496 e. The van der Waals surface area contributed by atoms with E-state index in [4.69, 9.17) is 9.47 Å². The summed E-state index contributed by atoms with van der Waals surface area (Å²) in [7, 11) is 3.05. The molecule has 0 heterocycles. The second-order valence-electron chi connectivity index (χ2n) is 4.66. The zero-order valence-corrected chi connectivity index (χ0v) is 14.4. The van der Waals surface area contributed by atoms with E-state index in [9.17, 15) is 4.79 Å². The van der Waals surface area contributed by atoms with Gasteiger partial charge < -0.3 is 14.8 Å². The third-order valence-corrected chi connectivity index (χ3v) is 4.00. The van der Waals surface area contributed by atoms with Gasteiger partial charge in [-0.3, -0.25) is 4.79 Å². The van der Waals surface area contributed by atoms with Gasteiger partial charge in [0.1, 0.15) is 17.1 Å². The molecule has 0 aliphatic carbocycles. The van der Waals surface area contributed by atoms with Crippen molar-refractivity contribution in [3.05, 3.63) is 52.0 Å². The molecule has 0 bridgehead atoms. The number of halogens is 1. The maximum absolute atomic E-state index is 12.6. The number of rotatable bonds is 5. The molecular weight excluding hydrogens is 346 g/mol. The number of benzene rings is 2. The second kappa shape index (κ2) is 7.31. The van der Waals surface area contributed by atoms with E-state index < -0.39 is 0 Å². The highest BCUT2D eigenvalue weighted by Crippen LogP contribution is 2.30. The fourth-order valence-electron chi connectivity index (χ4n) is 2.14. The lowest BCUT2D eigenvalue weighted by molar-refractivity contribution is 0.102. The van der Waals surface area contributed by atoms with Crippen LogP contribution in [-0.2, 0) is 6.42 Å². The number of ether oxygens (including phenoxy) is 2. The molecule has 0 saturated carbocycles. The summed E-state index contributed by atoms with van der Waals surface area (Å²) in [6.07, 6.45) is 0.938. The van der Waals surface area contributed by atoms with E-state index in [1.165, 1.54) is 19.8 Å². The van der Waals surface area contributed by atoms with Gasteiger partial charge in [0.2, 0.25) is 0 Å². The summed E-state index contributed by atoms with van der Waals surface area (Å²) in [6, 6.07) is 11.1. The number of carbonyl (C=O) groups is 1. The van der Waals surface area contributed by atoms with E-state index in [1.807, 2.05) is 18.2 Å². The molecule has 2 aromatic rings. The Morgan fingerprint density at radius 2 is 1.77 bits per heavy atom. The Morgan fingerprint density at radius 3 is 2.27 bits per heavy atom. The van der Waals surface area contributed by atoms with Crippen molar-refractivity contribution in [1.29, 1.82) is 0 Å². The molecule has 0 saturated heterocycles. The quantitative estimate of drug-likeness (QED) is 0.862. The third-order valence-electron chi connectivity index (χ3n) is 3.34. The SMILES string of the molecule is CCc1ccc(NC(=O)c2c(OC)cccc2OC)c(Br)c1. The highest BCUT2D eigenvalue weighted by Gasteiger charge is 2.19. The molecule has 0 aromatic heterocycles. The maximum atomic E-state index is 12.6. The zero-order chi connectivity index (χ0) is 16.1. The first kappa shape index (κ1) is 16.4. The Morgan fingerprint density at radius 1 is 1.14 bits per heavy atom. The minimum absolute atomic E-state index is 0.278. The molecule has 0 unspecified atom stereocenters. The number of carbonyl (C=O) groups excluding carboxylic acids is 1. The molecular formula is C17H18BrNO3. The van der Waals surface area contributed by atoms with Gasteiger partial charge in [-0.15, -0.1) is 0 Å². The monoisotopic (exact) mass is 363 g/mol. The van der Waals surface area contributed by atoms with Crippen molar-refractivity contribution in [3.8, 4) is 11.5 Å². The Hall–Kier alpha value is -2.01. The molecule has 0 radical (unpaired) electrons. The summed E-state index contributed by atoms with van der Waals surface area (Å²) in [6.45, 7) is 2.08. The van der Waals surface area contributed by atoms with Crippen molar-refractivity contribution in [3.63, 3.8) is 0 Å². The van der Waals surface area contributed by atoms with Gasteiger partial charge in [-0.05, 0) is 52.2 Å². The average molecular weight is 364 g/mol. The van der Waals surface area contributed by atoms with E-state index in [-0.39, 0.29) is 5.91 Å². The lowest BCUT2D eigenvalue weighted by Gasteiger charge is -2.14. The van der Waals surface area contributed by atoms with Gasteiger partial charge in [-0.2, -0.15) is 0 Å². The van der Waals surface area contributed by atoms with Gasteiger partial charge >= 0.3 is 0 Å². The van der Waals surface area contributed by atoms with Gasteiger partial charge in [0, 0.05) is 4.47 Å². The first-order valence-electron chi connectivity index (χ1n) is 6.91. The minimum atomic E-state index is -0.278. The molecule has 22 heavy (non-hydrogen) atoms. The highest BCUT2D eigenvalue weighted by atomic mass is 79.9. The van der Waals surface area contributed by atoms with Gasteiger partial charge in [0.25, 0.3) is 5.91 Å². The van der Waals surface area contributed by atoms with Gasteiger partial charge in [0.15, 0.2) is 0 Å². The Balaban J connectivity index is 2.33. The van der Waals surface area contributed by atoms with Crippen molar-refractivity contribution >= 4 is 27.5 Å². The fourth-order valence-corrected chi connectivity index (χ4v) is 2.67. The average Bonchev–Trinajstić information content (AvgIpc) is 2.55. The summed E-state index contributed by atoms with van der Waals surface area (Å²) in [5, 5.41) is 2.88. The first-order valence-corrected chi connectivity index (χ1v) is 7.70. The Kier molecular flexibility index (Phi) is 5.44. The third kappa shape index (κ3) is 3.42. The summed E-state index contributed by atoms with van der Waals surface area (Å²) in [5.74, 6) is 0.663. The van der Waals surface area contributed by atoms with Crippen LogP contribution < -0.4 is 14.8 Å². The van der Waals surface area contributed by atoms with Crippen LogP contribution in [-0.4, -0.2) is 20.1 Å². The number of anilines is 1. The number of amides is 1. The fraction of sp³-hybridized carbons (Fsp3) is 0.235. The standard InChI is InChI=1S/C17H18BrNO3/c1-4-11-8-9-13(12(18)10-11)19-17(20)16-14(21-2)6-5-7-15(16)22-3/h5-10H,4H2,1-3H3,(H,19,20). The summed E-state index contributed by atoms with van der Waals surface area (Å²) in [4.78, 5) is 12.6. The Labute approximate surface area is 138 Å². The van der Waals surface area contributed by atoms with E-state index >= 15 is 0 Å². The molecule has 0 aliphatic rings. The highest BCUT2D eigenvalue weighted by molar-refractivity contribution is 9.10. The van der Waals surface area contributed by atoms with Crippen molar-refractivity contribution < 1.29 is 14.3 Å². The van der Waals surface area contributed by atoms with Crippen LogP contribution in [0, 0.1) is 0 Å². The molecule has 0 atom stereocenters. The van der Waals surface area contributed by atoms with E-state index in [0.717, 1.165) is 10.9 Å². The number of hydrogen-bond acceptors (Lipinski definition) is 3. The van der Waals surface area contributed by atoms with Gasteiger partial charge in [-0.1, -0.05) is 19.1 Å². The molecule has 2 rings (SSSR count). The van der Waals surface area contributed by atoms with Crippen molar-refractivity contribution in [2.45, 2.75) is 13.3 Å². The van der Waals surface area contributed by atoms with Crippen LogP contribution in [0.5, 0.6) is 11.5 Å². The van der Waals surface area contributed by atoms with Gasteiger partial charge in [-0.25, -0.2) is 0 Å². The molecule has 2 aromatic carbocycles. The summed E-state index contributed by atoms with van der Waals surface area (Å²) >= 11 is 3.48. The van der Waals surface area contributed by atoms with Crippen LogP contribution in [0.1, 0.15) is 22.8 Å². The van der Waals surface area contributed by atoms with Crippen molar-refractivity contribution in [1.82, 2.24) is 0 Å². The van der Waals surface area contributed by atoms with Crippen LogP contribution in [0.15, 0.2) is 40.9 Å². The summed E-state index contributed by atoms with van der Waals surface area (Å²) < 4.78 is 11.4. The second-order valence-corrected chi connectivity index (χ2v) is 5.51. The first-order chi connectivity index (χ1) is 10.6. The normalized spacial score (nSPS) is 10.2. The van der Waals surface area contributed by atoms with Crippen LogP contribution >= 0.6 is 15.9 Å². The number of nitrogens with one attached hydrogen (secondary N) is 1. The molecule has 1 N–H and O–H groups in total. The largest absolute Gasteiger partial charge is 0.496 e. The Bertz CT molecular complexity index is 663. The predicted molar refractivity (Wildman–Crippen MR) is 91.0 cm³/mol. The number of aryl methyl sites for hydroxylation is 1. The molecule has 4 nitrogen and oxygen atoms in total. The molecule has 0 spiro atoms.